The first-order valence-corrected chi connectivity index (χ1v) is 7.12. The van der Waals surface area contributed by atoms with E-state index in [0.717, 1.165) is 18.8 Å². The van der Waals surface area contributed by atoms with Gasteiger partial charge in [0, 0.05) is 19.1 Å². The van der Waals surface area contributed by atoms with Gasteiger partial charge in [0.1, 0.15) is 0 Å². The minimum Gasteiger partial charge on any atom is -0.307 e. The molecule has 0 saturated carbocycles. The molecule has 0 amide bonds. The first-order chi connectivity index (χ1) is 9.10. The van der Waals surface area contributed by atoms with Crippen molar-refractivity contribution in [3.63, 3.8) is 0 Å². The quantitative estimate of drug-likeness (QED) is 0.558. The minimum absolute atomic E-state index is 0.599. The molecule has 0 aliphatic carbocycles. The van der Waals surface area contributed by atoms with Crippen LogP contribution in [-0.2, 0) is 6.54 Å². The molecule has 0 aliphatic rings. The third kappa shape index (κ3) is 5.12. The summed E-state index contributed by atoms with van der Waals surface area (Å²) >= 11 is 0. The molecule has 1 aromatic heterocycles. The summed E-state index contributed by atoms with van der Waals surface area (Å²) in [6.45, 7) is 10.9. The highest BCUT2D eigenvalue weighted by Crippen LogP contribution is 2.14. The number of hydrazine groups is 1. The van der Waals surface area contributed by atoms with E-state index in [1.165, 1.54) is 12.8 Å². The molecule has 0 aromatic carbocycles. The van der Waals surface area contributed by atoms with Crippen LogP contribution in [-0.4, -0.2) is 27.5 Å². The van der Waals surface area contributed by atoms with Crippen LogP contribution in [0.25, 0.3) is 0 Å². The van der Waals surface area contributed by atoms with E-state index < -0.39 is 0 Å². The van der Waals surface area contributed by atoms with Gasteiger partial charge in [0.05, 0.1) is 18.1 Å². The standard InChI is InChI=1S/C14H27N5/c1-5-13(6-2)19(9-11(3)4)10-12-7-17-14(18-15)8-16-12/h7-8,11,13H,5-6,9-10,15H2,1-4H3,(H,17,18). The van der Waals surface area contributed by atoms with E-state index in [4.69, 9.17) is 5.84 Å². The zero-order valence-corrected chi connectivity index (χ0v) is 12.6. The molecule has 0 aliphatic heterocycles. The summed E-state index contributed by atoms with van der Waals surface area (Å²) in [6.07, 6.45) is 5.80. The van der Waals surface area contributed by atoms with E-state index >= 15 is 0 Å². The van der Waals surface area contributed by atoms with Crippen LogP contribution in [0, 0.1) is 5.92 Å². The topological polar surface area (TPSA) is 67.1 Å². The molecule has 0 unspecified atom stereocenters. The van der Waals surface area contributed by atoms with E-state index in [2.05, 4.69) is 48.0 Å². The number of nitrogens with zero attached hydrogens (tertiary/aromatic N) is 3. The second kappa shape index (κ2) is 8.07. The summed E-state index contributed by atoms with van der Waals surface area (Å²) in [5.74, 6) is 6.55. The van der Waals surface area contributed by atoms with E-state index in [1.54, 1.807) is 12.4 Å². The Hall–Kier alpha value is -1.20. The summed E-state index contributed by atoms with van der Waals surface area (Å²) in [4.78, 5) is 11.1. The number of aromatic nitrogens is 2. The third-order valence-electron chi connectivity index (χ3n) is 3.28. The van der Waals surface area contributed by atoms with Crippen molar-refractivity contribution in [2.45, 2.75) is 53.1 Å². The average molecular weight is 265 g/mol. The van der Waals surface area contributed by atoms with Gasteiger partial charge in [-0.25, -0.2) is 10.8 Å². The van der Waals surface area contributed by atoms with Crippen molar-refractivity contribution < 1.29 is 0 Å². The molecule has 5 heteroatoms. The fourth-order valence-corrected chi connectivity index (χ4v) is 2.34. The van der Waals surface area contributed by atoms with Gasteiger partial charge in [-0.2, -0.15) is 0 Å². The molecule has 1 heterocycles. The van der Waals surface area contributed by atoms with Crippen LogP contribution in [0.3, 0.4) is 0 Å². The van der Waals surface area contributed by atoms with Gasteiger partial charge in [-0.1, -0.05) is 27.7 Å². The third-order valence-corrected chi connectivity index (χ3v) is 3.28. The van der Waals surface area contributed by atoms with Gasteiger partial charge < -0.3 is 5.43 Å². The summed E-state index contributed by atoms with van der Waals surface area (Å²) in [5.41, 5.74) is 3.49. The number of nitrogens with two attached hydrogens (primary N) is 1. The molecule has 1 rings (SSSR count). The van der Waals surface area contributed by atoms with Crippen LogP contribution in [0.1, 0.15) is 46.2 Å². The van der Waals surface area contributed by atoms with Crippen LogP contribution in [0.5, 0.6) is 0 Å². The second-order valence-corrected chi connectivity index (χ2v) is 5.33. The Bertz CT molecular complexity index is 345. The SMILES string of the molecule is CCC(CC)N(Cc1cnc(NN)cn1)CC(C)C. The summed E-state index contributed by atoms with van der Waals surface area (Å²) in [5, 5.41) is 0. The Morgan fingerprint density at radius 1 is 1.21 bits per heavy atom. The number of nitrogens with one attached hydrogen (secondary N) is 1. The summed E-state index contributed by atoms with van der Waals surface area (Å²) in [7, 11) is 0. The van der Waals surface area contributed by atoms with Crippen molar-refractivity contribution in [3.8, 4) is 0 Å². The van der Waals surface area contributed by atoms with Gasteiger partial charge in [0.15, 0.2) is 5.82 Å². The normalized spacial score (nSPS) is 11.6. The number of hydrogen-bond donors (Lipinski definition) is 2. The predicted molar refractivity (Wildman–Crippen MR) is 79.5 cm³/mol. The Morgan fingerprint density at radius 3 is 2.32 bits per heavy atom. The highest BCUT2D eigenvalue weighted by molar-refractivity contribution is 5.28. The molecule has 5 nitrogen and oxygen atoms in total. The zero-order chi connectivity index (χ0) is 14.3. The Labute approximate surface area is 116 Å². The maximum absolute atomic E-state index is 5.30. The van der Waals surface area contributed by atoms with Gasteiger partial charge in [-0.05, 0) is 18.8 Å². The fraction of sp³-hybridized carbons (Fsp3) is 0.714. The molecule has 0 saturated heterocycles. The van der Waals surface area contributed by atoms with Gasteiger partial charge in [0.2, 0.25) is 0 Å². The van der Waals surface area contributed by atoms with Gasteiger partial charge in [-0.3, -0.25) is 9.88 Å². The van der Waals surface area contributed by atoms with Crippen molar-refractivity contribution in [3.05, 3.63) is 18.1 Å². The highest BCUT2D eigenvalue weighted by atomic mass is 15.3. The van der Waals surface area contributed by atoms with Crippen molar-refractivity contribution in [2.24, 2.45) is 11.8 Å². The molecule has 3 N–H and O–H groups in total. The van der Waals surface area contributed by atoms with Crippen molar-refractivity contribution in [2.75, 3.05) is 12.0 Å². The number of rotatable bonds is 8. The molecule has 1 aromatic rings. The zero-order valence-electron chi connectivity index (χ0n) is 12.6. The first kappa shape index (κ1) is 15.9. The van der Waals surface area contributed by atoms with Crippen molar-refractivity contribution in [1.29, 1.82) is 0 Å². The molecule has 108 valence electrons. The fourth-order valence-electron chi connectivity index (χ4n) is 2.34. The lowest BCUT2D eigenvalue weighted by Crippen LogP contribution is -2.37. The lowest BCUT2D eigenvalue weighted by atomic mass is 10.1. The van der Waals surface area contributed by atoms with E-state index in [-0.39, 0.29) is 0 Å². The lowest BCUT2D eigenvalue weighted by molar-refractivity contribution is 0.155. The maximum atomic E-state index is 5.30. The molecular weight excluding hydrogens is 238 g/mol. The van der Waals surface area contributed by atoms with Crippen LogP contribution in [0.15, 0.2) is 12.4 Å². The largest absolute Gasteiger partial charge is 0.307 e. The molecule has 0 fully saturated rings. The Balaban J connectivity index is 2.74. The molecule has 0 bridgehead atoms. The molecule has 0 atom stereocenters. The smallest absolute Gasteiger partial charge is 0.158 e. The molecule has 0 spiro atoms. The monoisotopic (exact) mass is 265 g/mol. The molecule has 0 radical (unpaired) electrons. The van der Waals surface area contributed by atoms with Crippen LogP contribution in [0.4, 0.5) is 5.82 Å². The van der Waals surface area contributed by atoms with Crippen LogP contribution >= 0.6 is 0 Å². The first-order valence-electron chi connectivity index (χ1n) is 7.12. The Kier molecular flexibility index (Phi) is 6.73. The van der Waals surface area contributed by atoms with Gasteiger partial charge in [0.25, 0.3) is 0 Å². The summed E-state index contributed by atoms with van der Waals surface area (Å²) < 4.78 is 0. The predicted octanol–water partition coefficient (Wildman–Crippen LogP) is 2.41. The highest BCUT2D eigenvalue weighted by Gasteiger charge is 2.17. The van der Waals surface area contributed by atoms with Gasteiger partial charge >= 0.3 is 0 Å². The average Bonchev–Trinajstić information content (AvgIpc) is 2.40. The number of hydrogen-bond acceptors (Lipinski definition) is 5. The second-order valence-electron chi connectivity index (χ2n) is 5.33. The van der Waals surface area contributed by atoms with Crippen molar-refractivity contribution >= 4 is 5.82 Å². The molecule has 19 heavy (non-hydrogen) atoms. The van der Waals surface area contributed by atoms with Crippen LogP contribution < -0.4 is 11.3 Å². The van der Waals surface area contributed by atoms with Crippen LogP contribution in [0.2, 0.25) is 0 Å². The van der Waals surface area contributed by atoms with Crippen molar-refractivity contribution in [1.82, 2.24) is 14.9 Å². The molecular formula is C14H27N5. The maximum Gasteiger partial charge on any atom is 0.158 e. The van der Waals surface area contributed by atoms with E-state index in [0.29, 0.717) is 17.8 Å². The van der Waals surface area contributed by atoms with Gasteiger partial charge in [-0.15, -0.1) is 0 Å². The Morgan fingerprint density at radius 2 is 1.89 bits per heavy atom. The lowest BCUT2D eigenvalue weighted by Gasteiger charge is -2.31. The minimum atomic E-state index is 0.599. The number of anilines is 1. The van der Waals surface area contributed by atoms with E-state index in [1.807, 2.05) is 0 Å². The van der Waals surface area contributed by atoms with E-state index in [9.17, 15) is 0 Å². The summed E-state index contributed by atoms with van der Waals surface area (Å²) in [6, 6.07) is 0.608. The number of nitrogen functional groups attached to an aromatic ring is 1.